The van der Waals surface area contributed by atoms with Crippen molar-refractivity contribution in [1.82, 2.24) is 10.0 Å². The van der Waals surface area contributed by atoms with E-state index in [0.717, 1.165) is 19.4 Å². The Balaban J connectivity index is 2.53. The third kappa shape index (κ3) is 5.76. The molecule has 19 heavy (non-hydrogen) atoms. The van der Waals surface area contributed by atoms with Crippen LogP contribution in [0.3, 0.4) is 0 Å². The lowest BCUT2D eigenvalue weighted by Crippen LogP contribution is -2.24. The molecular formula is C13H24N2O3S. The van der Waals surface area contributed by atoms with Crippen molar-refractivity contribution in [3.8, 4) is 0 Å². The first-order valence-electron chi connectivity index (χ1n) is 6.74. The molecule has 0 saturated heterocycles. The smallest absolute Gasteiger partial charge is 0.273 e. The second-order valence-corrected chi connectivity index (χ2v) is 6.69. The first-order valence-corrected chi connectivity index (χ1v) is 8.23. The summed E-state index contributed by atoms with van der Waals surface area (Å²) in [7, 11) is -3.50. The Morgan fingerprint density at radius 2 is 2.05 bits per heavy atom. The van der Waals surface area contributed by atoms with Crippen molar-refractivity contribution < 1.29 is 12.8 Å². The van der Waals surface area contributed by atoms with Crippen molar-refractivity contribution in [3.63, 3.8) is 0 Å². The molecule has 0 amide bonds. The van der Waals surface area contributed by atoms with Crippen LogP contribution in [0, 0.1) is 5.92 Å². The summed E-state index contributed by atoms with van der Waals surface area (Å²) < 4.78 is 31.6. The second kappa shape index (κ2) is 7.67. The van der Waals surface area contributed by atoms with Crippen molar-refractivity contribution in [1.29, 1.82) is 0 Å². The minimum atomic E-state index is -3.50. The molecule has 1 heterocycles. The predicted molar refractivity (Wildman–Crippen MR) is 75.3 cm³/mol. The maximum Gasteiger partial charge on any atom is 0.273 e. The first kappa shape index (κ1) is 16.2. The van der Waals surface area contributed by atoms with Gasteiger partial charge in [-0.05, 0) is 31.0 Å². The minimum absolute atomic E-state index is 0.00931. The molecule has 0 radical (unpaired) electrons. The highest BCUT2D eigenvalue weighted by Gasteiger charge is 2.17. The van der Waals surface area contributed by atoms with Gasteiger partial charge in [0.05, 0.1) is 6.54 Å². The van der Waals surface area contributed by atoms with E-state index in [2.05, 4.69) is 23.9 Å². The van der Waals surface area contributed by atoms with E-state index in [4.69, 9.17) is 4.42 Å². The van der Waals surface area contributed by atoms with Crippen LogP contribution in [-0.4, -0.2) is 21.5 Å². The molecule has 2 N–H and O–H groups in total. The fourth-order valence-electron chi connectivity index (χ4n) is 1.54. The summed E-state index contributed by atoms with van der Waals surface area (Å²) in [6.07, 6.45) is 1.77. The van der Waals surface area contributed by atoms with Crippen LogP contribution in [-0.2, 0) is 16.6 Å². The Hall–Kier alpha value is -0.850. The zero-order chi connectivity index (χ0) is 14.3. The Bertz CT molecular complexity index is 466. The van der Waals surface area contributed by atoms with Gasteiger partial charge in [-0.1, -0.05) is 27.2 Å². The molecule has 6 heteroatoms. The van der Waals surface area contributed by atoms with Gasteiger partial charge >= 0.3 is 0 Å². The molecule has 0 aliphatic rings. The van der Waals surface area contributed by atoms with E-state index >= 15 is 0 Å². The standard InChI is InChI=1S/C13H24N2O3S/c1-4-5-8-15-19(16,17)13-7-6-12(18-13)10-14-9-11(2)3/h6-7,11,14-15H,4-5,8-10H2,1-3H3. The molecule has 5 nitrogen and oxygen atoms in total. The van der Waals surface area contributed by atoms with E-state index < -0.39 is 10.0 Å². The maximum atomic E-state index is 11.9. The highest BCUT2D eigenvalue weighted by Crippen LogP contribution is 2.13. The fourth-order valence-corrected chi connectivity index (χ4v) is 2.56. The molecule has 0 atom stereocenters. The van der Waals surface area contributed by atoms with E-state index in [1.54, 1.807) is 6.07 Å². The molecule has 1 aromatic rings. The number of sulfonamides is 1. The van der Waals surface area contributed by atoms with Crippen LogP contribution in [0.1, 0.15) is 39.4 Å². The van der Waals surface area contributed by atoms with Crippen LogP contribution in [0.2, 0.25) is 0 Å². The van der Waals surface area contributed by atoms with Gasteiger partial charge in [0, 0.05) is 6.54 Å². The van der Waals surface area contributed by atoms with Gasteiger partial charge in [0.2, 0.25) is 5.09 Å². The van der Waals surface area contributed by atoms with Crippen LogP contribution >= 0.6 is 0 Å². The Kier molecular flexibility index (Phi) is 6.54. The number of unbranched alkanes of at least 4 members (excludes halogenated alkanes) is 1. The van der Waals surface area contributed by atoms with Crippen molar-refractivity contribution in [2.24, 2.45) is 5.92 Å². The van der Waals surface area contributed by atoms with Crippen molar-refractivity contribution >= 4 is 10.0 Å². The lowest BCUT2D eigenvalue weighted by molar-refractivity contribution is 0.394. The van der Waals surface area contributed by atoms with E-state index in [0.29, 0.717) is 24.8 Å². The summed E-state index contributed by atoms with van der Waals surface area (Å²) in [6.45, 7) is 8.10. The zero-order valence-electron chi connectivity index (χ0n) is 11.9. The van der Waals surface area contributed by atoms with Gasteiger partial charge in [-0.2, -0.15) is 0 Å². The second-order valence-electron chi connectivity index (χ2n) is 5.00. The van der Waals surface area contributed by atoms with Crippen LogP contribution < -0.4 is 10.0 Å². The van der Waals surface area contributed by atoms with Crippen LogP contribution in [0.4, 0.5) is 0 Å². The normalized spacial score (nSPS) is 12.2. The number of rotatable bonds is 9. The van der Waals surface area contributed by atoms with Crippen LogP contribution in [0.5, 0.6) is 0 Å². The maximum absolute atomic E-state index is 11.9. The summed E-state index contributed by atoms with van der Waals surface area (Å²) in [4.78, 5) is 0. The monoisotopic (exact) mass is 288 g/mol. The molecule has 0 saturated carbocycles. The number of nitrogens with one attached hydrogen (secondary N) is 2. The van der Waals surface area contributed by atoms with E-state index in [1.165, 1.54) is 6.07 Å². The van der Waals surface area contributed by atoms with Gasteiger partial charge in [0.25, 0.3) is 10.0 Å². The van der Waals surface area contributed by atoms with Gasteiger partial charge in [-0.3, -0.25) is 0 Å². The summed E-state index contributed by atoms with van der Waals surface area (Å²) in [5.74, 6) is 1.19. The third-order valence-electron chi connectivity index (χ3n) is 2.58. The Morgan fingerprint density at radius 3 is 2.68 bits per heavy atom. The summed E-state index contributed by atoms with van der Waals surface area (Å²) in [5.41, 5.74) is 0. The third-order valence-corrected chi connectivity index (χ3v) is 3.91. The molecule has 0 fully saturated rings. The Morgan fingerprint density at radius 1 is 1.32 bits per heavy atom. The first-order chi connectivity index (χ1) is 8.95. The fraction of sp³-hybridized carbons (Fsp3) is 0.692. The van der Waals surface area contributed by atoms with Crippen molar-refractivity contribution in [2.45, 2.75) is 45.2 Å². The molecule has 1 rings (SSSR count). The van der Waals surface area contributed by atoms with Gasteiger partial charge in [0.15, 0.2) is 0 Å². The highest BCUT2D eigenvalue weighted by atomic mass is 32.2. The average Bonchev–Trinajstić information content (AvgIpc) is 2.78. The van der Waals surface area contributed by atoms with Gasteiger partial charge < -0.3 is 9.73 Å². The largest absolute Gasteiger partial charge is 0.447 e. The predicted octanol–water partition coefficient (Wildman–Crippen LogP) is 2.10. The lowest BCUT2D eigenvalue weighted by atomic mass is 10.2. The SMILES string of the molecule is CCCCNS(=O)(=O)c1ccc(CNCC(C)C)o1. The molecule has 0 unspecified atom stereocenters. The highest BCUT2D eigenvalue weighted by molar-refractivity contribution is 7.89. The van der Waals surface area contributed by atoms with Crippen LogP contribution in [0.15, 0.2) is 21.6 Å². The minimum Gasteiger partial charge on any atom is -0.447 e. The topological polar surface area (TPSA) is 71.3 Å². The number of hydrogen-bond donors (Lipinski definition) is 2. The van der Waals surface area contributed by atoms with Gasteiger partial charge in [0.1, 0.15) is 5.76 Å². The summed E-state index contributed by atoms with van der Waals surface area (Å²) >= 11 is 0. The van der Waals surface area contributed by atoms with Crippen molar-refractivity contribution in [3.05, 3.63) is 17.9 Å². The molecule has 0 spiro atoms. The Labute approximate surface area is 115 Å². The molecule has 0 aliphatic carbocycles. The number of hydrogen-bond acceptors (Lipinski definition) is 4. The number of furan rings is 1. The van der Waals surface area contributed by atoms with Gasteiger partial charge in [-0.25, -0.2) is 13.1 Å². The molecule has 0 aromatic carbocycles. The van der Waals surface area contributed by atoms with Crippen molar-refractivity contribution in [2.75, 3.05) is 13.1 Å². The quantitative estimate of drug-likeness (QED) is 0.683. The lowest BCUT2D eigenvalue weighted by Gasteiger charge is -2.05. The molecule has 0 bridgehead atoms. The van der Waals surface area contributed by atoms with E-state index in [9.17, 15) is 8.42 Å². The molecular weight excluding hydrogens is 264 g/mol. The zero-order valence-corrected chi connectivity index (χ0v) is 12.7. The summed E-state index contributed by atoms with van der Waals surface area (Å²) in [6, 6.07) is 3.20. The van der Waals surface area contributed by atoms with E-state index in [-0.39, 0.29) is 5.09 Å². The summed E-state index contributed by atoms with van der Waals surface area (Å²) in [5, 5.41) is 3.20. The molecule has 110 valence electrons. The van der Waals surface area contributed by atoms with Crippen LogP contribution in [0.25, 0.3) is 0 Å². The average molecular weight is 288 g/mol. The molecule has 0 aliphatic heterocycles. The van der Waals surface area contributed by atoms with E-state index in [1.807, 2.05) is 6.92 Å². The van der Waals surface area contributed by atoms with Gasteiger partial charge in [-0.15, -0.1) is 0 Å². The molecule has 1 aromatic heterocycles.